The summed E-state index contributed by atoms with van der Waals surface area (Å²) in [6.07, 6.45) is -0.617. The van der Waals surface area contributed by atoms with Crippen LogP contribution in [0.25, 0.3) is 0 Å². The summed E-state index contributed by atoms with van der Waals surface area (Å²) < 4.78 is 37.9. The number of anilines is 3. The highest BCUT2D eigenvalue weighted by atomic mass is 19.4. The Hall–Kier alpha value is -2.37. The van der Waals surface area contributed by atoms with Crippen molar-refractivity contribution in [1.82, 2.24) is 0 Å². The third kappa shape index (κ3) is 4.42. The minimum atomic E-state index is -4.29. The summed E-state index contributed by atoms with van der Waals surface area (Å²) in [7, 11) is 1.91. The SMILES string of the molecule is CNc1ccc(NCc2ccc(C(F)(F)F)cc2)cc1N1CCCCC1. The van der Waals surface area contributed by atoms with Crippen molar-refractivity contribution < 1.29 is 13.2 Å². The van der Waals surface area contributed by atoms with Gasteiger partial charge >= 0.3 is 6.18 Å². The smallest absolute Gasteiger partial charge is 0.386 e. The van der Waals surface area contributed by atoms with Crippen LogP contribution in [-0.4, -0.2) is 20.1 Å². The number of hydrogen-bond acceptors (Lipinski definition) is 3. The second-order valence-corrected chi connectivity index (χ2v) is 6.58. The maximum atomic E-state index is 12.6. The zero-order valence-corrected chi connectivity index (χ0v) is 14.9. The molecular weight excluding hydrogens is 339 g/mol. The van der Waals surface area contributed by atoms with Crippen LogP contribution in [0.5, 0.6) is 0 Å². The van der Waals surface area contributed by atoms with Crippen LogP contribution < -0.4 is 15.5 Å². The van der Waals surface area contributed by atoms with Gasteiger partial charge in [0.25, 0.3) is 0 Å². The molecular formula is C20H24F3N3. The third-order valence-electron chi connectivity index (χ3n) is 4.74. The van der Waals surface area contributed by atoms with Crippen LogP contribution in [0.4, 0.5) is 30.2 Å². The molecule has 0 unspecified atom stereocenters. The molecule has 2 N–H and O–H groups in total. The molecule has 140 valence electrons. The second kappa shape index (κ2) is 7.89. The number of nitrogens with one attached hydrogen (secondary N) is 2. The van der Waals surface area contributed by atoms with E-state index in [1.165, 1.54) is 37.1 Å². The fraction of sp³-hybridized carbons (Fsp3) is 0.400. The summed E-state index contributed by atoms with van der Waals surface area (Å²) in [5.41, 5.74) is 3.42. The molecule has 0 atom stereocenters. The Labute approximate surface area is 152 Å². The van der Waals surface area contributed by atoms with Crippen LogP contribution >= 0.6 is 0 Å². The quantitative estimate of drug-likeness (QED) is 0.750. The zero-order chi connectivity index (χ0) is 18.6. The number of nitrogens with zero attached hydrogens (tertiary/aromatic N) is 1. The van der Waals surface area contributed by atoms with Gasteiger partial charge in [-0.05, 0) is 55.2 Å². The first-order valence-electron chi connectivity index (χ1n) is 8.94. The first kappa shape index (κ1) is 18.4. The molecule has 3 nitrogen and oxygen atoms in total. The fourth-order valence-electron chi connectivity index (χ4n) is 3.27. The number of piperidine rings is 1. The molecule has 26 heavy (non-hydrogen) atoms. The van der Waals surface area contributed by atoms with E-state index in [1.807, 2.05) is 19.2 Å². The Balaban J connectivity index is 1.69. The van der Waals surface area contributed by atoms with Crippen LogP contribution in [0.2, 0.25) is 0 Å². The van der Waals surface area contributed by atoms with Crippen molar-refractivity contribution in [3.63, 3.8) is 0 Å². The lowest BCUT2D eigenvalue weighted by Crippen LogP contribution is -2.30. The van der Waals surface area contributed by atoms with Gasteiger partial charge in [-0.25, -0.2) is 0 Å². The van der Waals surface area contributed by atoms with E-state index in [2.05, 4.69) is 21.6 Å². The average molecular weight is 363 g/mol. The van der Waals surface area contributed by atoms with Gasteiger partial charge in [0.15, 0.2) is 0 Å². The van der Waals surface area contributed by atoms with E-state index in [-0.39, 0.29) is 0 Å². The van der Waals surface area contributed by atoms with Gasteiger partial charge in [-0.3, -0.25) is 0 Å². The maximum Gasteiger partial charge on any atom is 0.416 e. The van der Waals surface area contributed by atoms with Gasteiger partial charge in [-0.2, -0.15) is 13.2 Å². The van der Waals surface area contributed by atoms with Crippen molar-refractivity contribution in [3.05, 3.63) is 53.6 Å². The molecule has 1 aliphatic rings. The van der Waals surface area contributed by atoms with Crippen molar-refractivity contribution in [1.29, 1.82) is 0 Å². The van der Waals surface area contributed by atoms with E-state index < -0.39 is 11.7 Å². The van der Waals surface area contributed by atoms with Crippen molar-refractivity contribution in [3.8, 4) is 0 Å². The normalized spacial score (nSPS) is 15.0. The molecule has 1 aliphatic heterocycles. The molecule has 0 bridgehead atoms. The van der Waals surface area contributed by atoms with E-state index >= 15 is 0 Å². The lowest BCUT2D eigenvalue weighted by Gasteiger charge is -2.31. The molecule has 0 radical (unpaired) electrons. The topological polar surface area (TPSA) is 27.3 Å². The predicted octanol–water partition coefficient (Wildman–Crippen LogP) is 5.35. The fourth-order valence-corrected chi connectivity index (χ4v) is 3.27. The number of halogens is 3. The molecule has 0 amide bonds. The van der Waals surface area contributed by atoms with E-state index in [0.29, 0.717) is 6.54 Å². The van der Waals surface area contributed by atoms with E-state index in [0.717, 1.165) is 42.2 Å². The van der Waals surface area contributed by atoms with Gasteiger partial charge in [-0.15, -0.1) is 0 Å². The number of alkyl halides is 3. The number of rotatable bonds is 5. The standard InChI is InChI=1S/C20H24F3N3/c1-24-18-10-9-17(13-19(18)26-11-3-2-4-12-26)25-14-15-5-7-16(8-6-15)20(21,22)23/h5-10,13,24-25H,2-4,11-12,14H2,1H3. The molecule has 2 aromatic rings. The van der Waals surface area contributed by atoms with Crippen molar-refractivity contribution in [2.24, 2.45) is 0 Å². The summed E-state index contributed by atoms with van der Waals surface area (Å²) in [5, 5.41) is 6.55. The van der Waals surface area contributed by atoms with Gasteiger partial charge in [0.2, 0.25) is 0 Å². The zero-order valence-electron chi connectivity index (χ0n) is 14.9. The Morgan fingerprint density at radius 1 is 0.962 bits per heavy atom. The summed E-state index contributed by atoms with van der Waals surface area (Å²) in [6, 6.07) is 11.4. The van der Waals surface area contributed by atoms with E-state index in [4.69, 9.17) is 0 Å². The first-order chi connectivity index (χ1) is 12.5. The molecule has 2 aromatic carbocycles. The maximum absolute atomic E-state index is 12.6. The van der Waals surface area contributed by atoms with Crippen molar-refractivity contribution in [2.75, 3.05) is 35.7 Å². The molecule has 3 rings (SSSR count). The first-order valence-corrected chi connectivity index (χ1v) is 8.94. The second-order valence-electron chi connectivity index (χ2n) is 6.58. The highest BCUT2D eigenvalue weighted by molar-refractivity contribution is 5.75. The lowest BCUT2D eigenvalue weighted by molar-refractivity contribution is -0.137. The molecule has 1 saturated heterocycles. The molecule has 1 fully saturated rings. The summed E-state index contributed by atoms with van der Waals surface area (Å²) >= 11 is 0. The molecule has 0 aromatic heterocycles. The molecule has 1 heterocycles. The monoisotopic (exact) mass is 363 g/mol. The summed E-state index contributed by atoms with van der Waals surface area (Å²) in [6.45, 7) is 2.59. The van der Waals surface area contributed by atoms with Crippen LogP contribution in [-0.2, 0) is 12.7 Å². The van der Waals surface area contributed by atoms with E-state index in [9.17, 15) is 13.2 Å². The predicted molar refractivity (Wildman–Crippen MR) is 101 cm³/mol. The van der Waals surface area contributed by atoms with Crippen LogP contribution in [0.15, 0.2) is 42.5 Å². The van der Waals surface area contributed by atoms with Gasteiger partial charge in [0.05, 0.1) is 16.9 Å². The highest BCUT2D eigenvalue weighted by Crippen LogP contribution is 2.32. The van der Waals surface area contributed by atoms with Gasteiger partial charge in [0, 0.05) is 32.4 Å². The number of hydrogen-bond donors (Lipinski definition) is 2. The third-order valence-corrected chi connectivity index (χ3v) is 4.74. The minimum Gasteiger partial charge on any atom is -0.386 e. The Kier molecular flexibility index (Phi) is 5.59. The minimum absolute atomic E-state index is 0.483. The number of benzene rings is 2. The highest BCUT2D eigenvalue weighted by Gasteiger charge is 2.29. The lowest BCUT2D eigenvalue weighted by atomic mass is 10.1. The van der Waals surface area contributed by atoms with Crippen LogP contribution in [0.1, 0.15) is 30.4 Å². The van der Waals surface area contributed by atoms with Crippen molar-refractivity contribution >= 4 is 17.1 Å². The average Bonchev–Trinajstić information content (AvgIpc) is 2.66. The summed E-state index contributed by atoms with van der Waals surface area (Å²) in [4.78, 5) is 2.39. The van der Waals surface area contributed by atoms with Crippen LogP contribution in [0, 0.1) is 0 Å². The summed E-state index contributed by atoms with van der Waals surface area (Å²) in [5.74, 6) is 0. The van der Waals surface area contributed by atoms with Gasteiger partial charge in [0.1, 0.15) is 0 Å². The molecule has 6 heteroatoms. The Morgan fingerprint density at radius 2 is 1.65 bits per heavy atom. The van der Waals surface area contributed by atoms with Crippen LogP contribution in [0.3, 0.4) is 0 Å². The molecule has 0 saturated carbocycles. The van der Waals surface area contributed by atoms with Gasteiger partial charge in [-0.1, -0.05) is 12.1 Å². The molecule has 0 spiro atoms. The Bertz CT molecular complexity index is 720. The molecule has 0 aliphatic carbocycles. The van der Waals surface area contributed by atoms with Crippen molar-refractivity contribution in [2.45, 2.75) is 32.0 Å². The van der Waals surface area contributed by atoms with Gasteiger partial charge < -0.3 is 15.5 Å². The van der Waals surface area contributed by atoms with E-state index in [1.54, 1.807) is 0 Å². The largest absolute Gasteiger partial charge is 0.416 e. The Morgan fingerprint density at radius 3 is 2.27 bits per heavy atom.